The number of hydrogen-bond acceptors (Lipinski definition) is 5. The second-order valence-electron chi connectivity index (χ2n) is 4.21. The van der Waals surface area contributed by atoms with Crippen molar-refractivity contribution in [1.29, 1.82) is 0 Å². The largest absolute Gasteiger partial charge is 0.466 e. The van der Waals surface area contributed by atoms with Crippen LogP contribution in [0.2, 0.25) is 0 Å². The lowest BCUT2D eigenvalue weighted by atomic mass is 10.1. The minimum absolute atomic E-state index is 0.185. The van der Waals surface area contributed by atoms with Crippen molar-refractivity contribution >= 4 is 11.3 Å². The lowest BCUT2D eigenvalue weighted by Crippen LogP contribution is -2.18. The molecule has 1 unspecified atom stereocenters. The molecule has 4 nitrogen and oxygen atoms in total. The Morgan fingerprint density at radius 3 is 2.69 bits per heavy atom. The standard InChI is InChI=1S/C11H21N3OS/c1-5-6-12-7-10-13-14-11(16-10)15-9(4)8(2)3/h8-9,12H,5-7H2,1-4H3. The molecule has 1 rings (SSSR count). The van der Waals surface area contributed by atoms with Gasteiger partial charge in [-0.3, -0.25) is 0 Å². The van der Waals surface area contributed by atoms with Crippen LogP contribution in [0, 0.1) is 5.92 Å². The summed E-state index contributed by atoms with van der Waals surface area (Å²) < 4.78 is 5.68. The molecule has 0 saturated carbocycles. The molecule has 0 aliphatic rings. The number of nitrogens with zero attached hydrogens (tertiary/aromatic N) is 2. The Morgan fingerprint density at radius 1 is 1.31 bits per heavy atom. The van der Waals surface area contributed by atoms with Gasteiger partial charge in [-0.1, -0.05) is 37.2 Å². The van der Waals surface area contributed by atoms with E-state index in [1.54, 1.807) is 0 Å². The third kappa shape index (κ3) is 4.45. The average molecular weight is 243 g/mol. The van der Waals surface area contributed by atoms with E-state index in [1.165, 1.54) is 11.3 Å². The van der Waals surface area contributed by atoms with Gasteiger partial charge in [-0.15, -0.1) is 5.10 Å². The quantitative estimate of drug-likeness (QED) is 0.747. The third-order valence-electron chi connectivity index (χ3n) is 2.38. The summed E-state index contributed by atoms with van der Waals surface area (Å²) in [4.78, 5) is 0. The number of rotatable bonds is 7. The Hall–Kier alpha value is -0.680. The summed E-state index contributed by atoms with van der Waals surface area (Å²) in [6.07, 6.45) is 1.32. The molecule has 1 aromatic rings. The first-order valence-corrected chi connectivity index (χ1v) is 6.64. The molecule has 1 atom stereocenters. The van der Waals surface area contributed by atoms with Crippen LogP contribution in [0.1, 0.15) is 39.1 Å². The SMILES string of the molecule is CCCNCc1nnc(OC(C)C(C)C)s1. The van der Waals surface area contributed by atoms with Crippen LogP contribution < -0.4 is 10.1 Å². The van der Waals surface area contributed by atoms with Crippen molar-refractivity contribution < 1.29 is 4.74 Å². The monoisotopic (exact) mass is 243 g/mol. The van der Waals surface area contributed by atoms with E-state index in [0.717, 1.165) is 24.5 Å². The fourth-order valence-corrected chi connectivity index (χ4v) is 1.76. The van der Waals surface area contributed by atoms with Gasteiger partial charge in [0.2, 0.25) is 0 Å². The summed E-state index contributed by atoms with van der Waals surface area (Å²) in [5.74, 6) is 0.491. The van der Waals surface area contributed by atoms with Gasteiger partial charge in [0.25, 0.3) is 5.19 Å². The first kappa shape index (κ1) is 13.4. The lowest BCUT2D eigenvalue weighted by Gasteiger charge is -2.14. The van der Waals surface area contributed by atoms with E-state index < -0.39 is 0 Å². The Balaban J connectivity index is 2.39. The van der Waals surface area contributed by atoms with Crippen molar-refractivity contribution in [2.24, 2.45) is 5.92 Å². The topological polar surface area (TPSA) is 47.0 Å². The maximum absolute atomic E-state index is 5.68. The highest BCUT2D eigenvalue weighted by atomic mass is 32.1. The molecule has 1 aromatic heterocycles. The van der Waals surface area contributed by atoms with Crippen molar-refractivity contribution in [2.45, 2.75) is 46.8 Å². The molecule has 0 bridgehead atoms. The highest BCUT2D eigenvalue weighted by Gasteiger charge is 2.12. The van der Waals surface area contributed by atoms with Crippen molar-refractivity contribution in [3.8, 4) is 5.19 Å². The highest BCUT2D eigenvalue weighted by Crippen LogP contribution is 2.20. The minimum Gasteiger partial charge on any atom is -0.466 e. The van der Waals surface area contributed by atoms with E-state index in [-0.39, 0.29) is 6.10 Å². The summed E-state index contributed by atoms with van der Waals surface area (Å²) in [5.41, 5.74) is 0. The van der Waals surface area contributed by atoms with Gasteiger partial charge in [-0.05, 0) is 25.8 Å². The van der Waals surface area contributed by atoms with Crippen molar-refractivity contribution in [3.63, 3.8) is 0 Å². The third-order valence-corrected chi connectivity index (χ3v) is 3.19. The fourth-order valence-electron chi connectivity index (χ4n) is 1.02. The van der Waals surface area contributed by atoms with E-state index in [1.807, 2.05) is 0 Å². The minimum atomic E-state index is 0.185. The van der Waals surface area contributed by atoms with Crippen molar-refractivity contribution in [3.05, 3.63) is 5.01 Å². The van der Waals surface area contributed by atoms with Gasteiger partial charge in [0, 0.05) is 6.54 Å². The van der Waals surface area contributed by atoms with E-state index in [2.05, 4.69) is 43.2 Å². The second-order valence-corrected chi connectivity index (χ2v) is 5.23. The van der Waals surface area contributed by atoms with Gasteiger partial charge in [0.15, 0.2) is 0 Å². The zero-order valence-electron chi connectivity index (χ0n) is 10.5. The molecule has 92 valence electrons. The Labute approximate surface area is 101 Å². The van der Waals surface area contributed by atoms with Gasteiger partial charge < -0.3 is 10.1 Å². The van der Waals surface area contributed by atoms with Crippen molar-refractivity contribution in [2.75, 3.05) is 6.54 Å². The predicted molar refractivity (Wildman–Crippen MR) is 66.8 cm³/mol. The Kier molecular flexibility index (Phi) is 5.69. The normalized spacial score (nSPS) is 13.1. The molecule has 0 amide bonds. The first-order valence-electron chi connectivity index (χ1n) is 5.83. The zero-order valence-corrected chi connectivity index (χ0v) is 11.3. The number of nitrogens with one attached hydrogen (secondary N) is 1. The van der Waals surface area contributed by atoms with Gasteiger partial charge >= 0.3 is 0 Å². The van der Waals surface area contributed by atoms with Crippen LogP contribution in [0.15, 0.2) is 0 Å². The van der Waals surface area contributed by atoms with Crippen LogP contribution in [0.4, 0.5) is 0 Å². The number of aromatic nitrogens is 2. The molecule has 0 radical (unpaired) electrons. The predicted octanol–water partition coefficient (Wildman–Crippen LogP) is 2.46. The van der Waals surface area contributed by atoms with Crippen LogP contribution in [0.3, 0.4) is 0 Å². The fraction of sp³-hybridized carbons (Fsp3) is 0.818. The maximum atomic E-state index is 5.68. The van der Waals surface area contributed by atoms with Gasteiger partial charge in [-0.25, -0.2) is 0 Å². The summed E-state index contributed by atoms with van der Waals surface area (Å²) >= 11 is 1.52. The molecule has 16 heavy (non-hydrogen) atoms. The Bertz CT molecular complexity index is 301. The van der Waals surface area contributed by atoms with Gasteiger partial charge in [0.1, 0.15) is 11.1 Å². The van der Waals surface area contributed by atoms with Crippen molar-refractivity contribution in [1.82, 2.24) is 15.5 Å². The van der Waals surface area contributed by atoms with Crippen LogP contribution in [0.5, 0.6) is 5.19 Å². The van der Waals surface area contributed by atoms with Gasteiger partial charge in [0.05, 0.1) is 0 Å². The van der Waals surface area contributed by atoms with Gasteiger partial charge in [-0.2, -0.15) is 0 Å². The molecule has 1 heterocycles. The average Bonchev–Trinajstić information content (AvgIpc) is 2.66. The summed E-state index contributed by atoms with van der Waals surface area (Å²) in [7, 11) is 0. The van der Waals surface area contributed by atoms with Crippen LogP contribution in [-0.4, -0.2) is 22.8 Å². The molecule has 0 aromatic carbocycles. The number of hydrogen-bond donors (Lipinski definition) is 1. The molecular formula is C11H21N3OS. The molecule has 0 aliphatic carbocycles. The molecule has 0 aliphatic heterocycles. The second kappa shape index (κ2) is 6.81. The maximum Gasteiger partial charge on any atom is 0.294 e. The molecule has 0 spiro atoms. The van der Waals surface area contributed by atoms with E-state index in [4.69, 9.17) is 4.74 Å². The summed E-state index contributed by atoms with van der Waals surface area (Å²) in [6, 6.07) is 0. The summed E-state index contributed by atoms with van der Waals surface area (Å²) in [5, 5.41) is 13.1. The highest BCUT2D eigenvalue weighted by molar-refractivity contribution is 7.13. The van der Waals surface area contributed by atoms with E-state index >= 15 is 0 Å². The zero-order chi connectivity index (χ0) is 12.0. The molecule has 0 fully saturated rings. The smallest absolute Gasteiger partial charge is 0.294 e. The van der Waals surface area contributed by atoms with Crippen LogP contribution in [-0.2, 0) is 6.54 Å². The van der Waals surface area contributed by atoms with E-state index in [9.17, 15) is 0 Å². The molecule has 5 heteroatoms. The first-order chi connectivity index (χ1) is 7.63. The molecule has 0 saturated heterocycles. The van der Waals surface area contributed by atoms with Crippen LogP contribution in [0.25, 0.3) is 0 Å². The number of ether oxygens (including phenoxy) is 1. The summed E-state index contributed by atoms with van der Waals surface area (Å²) in [6.45, 7) is 10.3. The lowest BCUT2D eigenvalue weighted by molar-refractivity contribution is 0.168. The van der Waals surface area contributed by atoms with Crippen LogP contribution >= 0.6 is 11.3 Å². The molecule has 1 N–H and O–H groups in total. The Morgan fingerprint density at radius 2 is 2.06 bits per heavy atom. The molecular weight excluding hydrogens is 222 g/mol. The van der Waals surface area contributed by atoms with E-state index in [0.29, 0.717) is 11.1 Å².